The highest BCUT2D eigenvalue weighted by Crippen LogP contribution is 2.28. The van der Waals surface area contributed by atoms with E-state index in [1.807, 2.05) is 35.2 Å². The molecule has 0 aliphatic heterocycles. The molecule has 92 valence electrons. The molecule has 0 heterocycles. The third-order valence-corrected chi connectivity index (χ3v) is 3.69. The van der Waals surface area contributed by atoms with Crippen molar-refractivity contribution >= 4 is 5.69 Å². The summed E-state index contributed by atoms with van der Waals surface area (Å²) in [5, 5.41) is 0. The second-order valence-corrected chi connectivity index (χ2v) is 4.76. The van der Waals surface area contributed by atoms with Crippen LogP contribution in [0, 0.1) is 0 Å². The van der Waals surface area contributed by atoms with Crippen molar-refractivity contribution in [2.45, 2.75) is 18.9 Å². The molecule has 0 bridgehead atoms. The Labute approximate surface area is 107 Å². The number of fused-ring (bicyclic) bond motifs is 1. The molecule has 1 aliphatic rings. The number of halogens is 1. The summed E-state index contributed by atoms with van der Waals surface area (Å²) in [6, 6.07) is 18.5. The average Bonchev–Trinajstić information content (AvgIpc) is 2.84. The highest BCUT2D eigenvalue weighted by Gasteiger charge is 2.26. The van der Waals surface area contributed by atoms with E-state index < -0.39 is 6.80 Å². The van der Waals surface area contributed by atoms with Gasteiger partial charge in [-0.15, -0.1) is 0 Å². The highest BCUT2D eigenvalue weighted by atomic mass is 19.1. The van der Waals surface area contributed by atoms with Gasteiger partial charge in [0.25, 0.3) is 0 Å². The maximum atomic E-state index is 13.3. The first-order valence-electron chi connectivity index (χ1n) is 6.33. The minimum absolute atomic E-state index is 0.245. The van der Waals surface area contributed by atoms with Crippen LogP contribution in [-0.4, -0.2) is 12.8 Å². The Morgan fingerprint density at radius 3 is 2.00 bits per heavy atom. The summed E-state index contributed by atoms with van der Waals surface area (Å²) >= 11 is 0. The van der Waals surface area contributed by atoms with Crippen LogP contribution in [0.15, 0.2) is 54.6 Å². The van der Waals surface area contributed by atoms with Crippen molar-refractivity contribution < 1.29 is 4.39 Å². The Kier molecular flexibility index (Phi) is 3.01. The molecular formula is C16H16FN. The van der Waals surface area contributed by atoms with E-state index in [0.29, 0.717) is 0 Å². The first-order valence-corrected chi connectivity index (χ1v) is 6.33. The Morgan fingerprint density at radius 1 is 0.889 bits per heavy atom. The molecule has 0 radical (unpaired) electrons. The molecule has 18 heavy (non-hydrogen) atoms. The number of hydrogen-bond acceptors (Lipinski definition) is 1. The summed E-state index contributed by atoms with van der Waals surface area (Å²) in [5.41, 5.74) is 3.69. The normalized spacial score (nSPS) is 14.5. The Hall–Kier alpha value is -1.83. The van der Waals surface area contributed by atoms with Crippen molar-refractivity contribution in [3.05, 3.63) is 65.7 Å². The molecule has 0 fully saturated rings. The Bertz CT molecular complexity index is 499. The van der Waals surface area contributed by atoms with Crippen LogP contribution in [0.25, 0.3) is 0 Å². The van der Waals surface area contributed by atoms with Crippen LogP contribution in [0.4, 0.5) is 10.1 Å². The van der Waals surface area contributed by atoms with Crippen molar-refractivity contribution in [2.75, 3.05) is 11.7 Å². The van der Waals surface area contributed by atoms with E-state index in [2.05, 4.69) is 24.3 Å². The van der Waals surface area contributed by atoms with Gasteiger partial charge in [-0.1, -0.05) is 42.5 Å². The summed E-state index contributed by atoms with van der Waals surface area (Å²) < 4.78 is 13.3. The molecule has 1 aliphatic carbocycles. The first-order chi connectivity index (χ1) is 8.88. The van der Waals surface area contributed by atoms with Crippen LogP contribution in [0.1, 0.15) is 11.1 Å². The van der Waals surface area contributed by atoms with Crippen LogP contribution in [0.2, 0.25) is 0 Å². The van der Waals surface area contributed by atoms with Crippen molar-refractivity contribution in [3.63, 3.8) is 0 Å². The summed E-state index contributed by atoms with van der Waals surface area (Å²) in [5.74, 6) is 0. The van der Waals surface area contributed by atoms with Gasteiger partial charge in [0, 0.05) is 11.7 Å². The first kappa shape index (κ1) is 11.3. The molecule has 0 atom stereocenters. The SMILES string of the molecule is FCN(c1ccccc1)C1Cc2ccccc2C1. The highest BCUT2D eigenvalue weighted by molar-refractivity contribution is 5.49. The molecule has 0 amide bonds. The second-order valence-electron chi connectivity index (χ2n) is 4.76. The van der Waals surface area contributed by atoms with Crippen LogP contribution in [-0.2, 0) is 12.8 Å². The minimum atomic E-state index is -0.428. The molecule has 1 nitrogen and oxygen atoms in total. The van der Waals surface area contributed by atoms with Crippen LogP contribution in [0.3, 0.4) is 0 Å². The summed E-state index contributed by atoms with van der Waals surface area (Å²) in [6.45, 7) is -0.428. The largest absolute Gasteiger partial charge is 0.341 e. The number of anilines is 1. The maximum Gasteiger partial charge on any atom is 0.162 e. The van der Waals surface area contributed by atoms with Crippen molar-refractivity contribution in [1.29, 1.82) is 0 Å². The molecule has 0 saturated heterocycles. The molecule has 2 heteroatoms. The fourth-order valence-electron chi connectivity index (χ4n) is 2.75. The lowest BCUT2D eigenvalue weighted by atomic mass is 10.1. The zero-order valence-electron chi connectivity index (χ0n) is 10.2. The molecule has 3 rings (SSSR count). The zero-order chi connectivity index (χ0) is 12.4. The van der Waals surface area contributed by atoms with Gasteiger partial charge in [0.15, 0.2) is 6.80 Å². The predicted molar refractivity (Wildman–Crippen MR) is 72.5 cm³/mol. The number of para-hydroxylation sites is 1. The number of benzene rings is 2. The summed E-state index contributed by atoms with van der Waals surface area (Å²) in [7, 11) is 0. The van der Waals surface area contributed by atoms with Gasteiger partial charge in [0.1, 0.15) is 0 Å². The van der Waals surface area contributed by atoms with E-state index in [1.165, 1.54) is 11.1 Å². The zero-order valence-corrected chi connectivity index (χ0v) is 10.2. The molecule has 0 spiro atoms. The van der Waals surface area contributed by atoms with Crippen LogP contribution < -0.4 is 4.90 Å². The van der Waals surface area contributed by atoms with Crippen molar-refractivity contribution in [1.82, 2.24) is 0 Å². The van der Waals surface area contributed by atoms with E-state index in [4.69, 9.17) is 0 Å². The van der Waals surface area contributed by atoms with Gasteiger partial charge in [-0.3, -0.25) is 0 Å². The summed E-state index contributed by atoms with van der Waals surface area (Å²) in [6.07, 6.45) is 1.88. The van der Waals surface area contributed by atoms with Gasteiger partial charge in [-0.05, 0) is 36.1 Å². The van der Waals surface area contributed by atoms with E-state index in [1.54, 1.807) is 0 Å². The minimum Gasteiger partial charge on any atom is -0.341 e. The standard InChI is InChI=1S/C16H16FN/c17-12-18(15-8-2-1-3-9-15)16-10-13-6-4-5-7-14(13)11-16/h1-9,16H,10-12H2. The van der Waals surface area contributed by atoms with E-state index >= 15 is 0 Å². The quantitative estimate of drug-likeness (QED) is 0.742. The number of hydrogen-bond donors (Lipinski definition) is 0. The number of nitrogens with zero attached hydrogens (tertiary/aromatic N) is 1. The Balaban J connectivity index is 1.84. The fraction of sp³-hybridized carbons (Fsp3) is 0.250. The van der Waals surface area contributed by atoms with Gasteiger partial charge >= 0.3 is 0 Å². The van der Waals surface area contributed by atoms with Gasteiger partial charge in [-0.25, -0.2) is 4.39 Å². The third-order valence-electron chi connectivity index (χ3n) is 3.69. The predicted octanol–water partition coefficient (Wildman–Crippen LogP) is 3.59. The number of rotatable bonds is 3. The summed E-state index contributed by atoms with van der Waals surface area (Å²) in [4.78, 5) is 1.86. The van der Waals surface area contributed by atoms with Gasteiger partial charge in [-0.2, -0.15) is 0 Å². The topological polar surface area (TPSA) is 3.24 Å². The molecular weight excluding hydrogens is 225 g/mol. The lowest BCUT2D eigenvalue weighted by Crippen LogP contribution is -2.35. The van der Waals surface area contributed by atoms with Gasteiger partial charge in [0.2, 0.25) is 0 Å². The van der Waals surface area contributed by atoms with E-state index in [-0.39, 0.29) is 6.04 Å². The average molecular weight is 241 g/mol. The third kappa shape index (κ3) is 1.99. The smallest absolute Gasteiger partial charge is 0.162 e. The second kappa shape index (κ2) is 4.81. The maximum absolute atomic E-state index is 13.3. The Morgan fingerprint density at radius 2 is 1.44 bits per heavy atom. The van der Waals surface area contributed by atoms with Crippen molar-refractivity contribution in [2.24, 2.45) is 0 Å². The molecule has 0 N–H and O–H groups in total. The molecule has 0 aromatic heterocycles. The monoisotopic (exact) mass is 241 g/mol. The lowest BCUT2D eigenvalue weighted by Gasteiger charge is -2.27. The van der Waals surface area contributed by atoms with Gasteiger partial charge in [0.05, 0.1) is 0 Å². The molecule has 0 unspecified atom stereocenters. The fourth-order valence-corrected chi connectivity index (χ4v) is 2.75. The van der Waals surface area contributed by atoms with Crippen molar-refractivity contribution in [3.8, 4) is 0 Å². The molecule has 0 saturated carbocycles. The van der Waals surface area contributed by atoms with Crippen LogP contribution >= 0.6 is 0 Å². The lowest BCUT2D eigenvalue weighted by molar-refractivity contribution is 0.437. The molecule has 2 aromatic carbocycles. The van der Waals surface area contributed by atoms with Crippen LogP contribution in [0.5, 0.6) is 0 Å². The molecule has 2 aromatic rings. The number of alkyl halides is 1. The van der Waals surface area contributed by atoms with Gasteiger partial charge < -0.3 is 4.90 Å². The van der Waals surface area contributed by atoms with E-state index in [0.717, 1.165) is 18.5 Å². The van der Waals surface area contributed by atoms with E-state index in [9.17, 15) is 4.39 Å².